The Morgan fingerprint density at radius 1 is 1.41 bits per heavy atom. The summed E-state index contributed by atoms with van der Waals surface area (Å²) in [5.74, 6) is 0.544. The van der Waals surface area contributed by atoms with Gasteiger partial charge in [-0.05, 0) is 53.4 Å². The first-order valence-electron chi connectivity index (χ1n) is 9.25. The highest BCUT2D eigenvalue weighted by atomic mass is 35.5. The summed E-state index contributed by atoms with van der Waals surface area (Å²) in [4.78, 5) is 11.6. The van der Waals surface area contributed by atoms with Crippen molar-refractivity contribution in [2.75, 3.05) is 13.7 Å². The lowest BCUT2D eigenvalue weighted by Crippen LogP contribution is -2.32. The molecule has 1 aliphatic heterocycles. The predicted molar refractivity (Wildman–Crippen MR) is 116 cm³/mol. The van der Waals surface area contributed by atoms with Gasteiger partial charge in [-0.25, -0.2) is 0 Å². The zero-order valence-corrected chi connectivity index (χ0v) is 17.7. The van der Waals surface area contributed by atoms with Crippen LogP contribution < -0.4 is 4.74 Å². The van der Waals surface area contributed by atoms with E-state index in [4.69, 9.17) is 21.1 Å². The molecular weight excluding hydrogens is 410 g/mol. The minimum atomic E-state index is -0.257. The van der Waals surface area contributed by atoms with Crippen molar-refractivity contribution >= 4 is 44.7 Å². The first-order valence-corrected chi connectivity index (χ1v) is 10.5. The fourth-order valence-corrected chi connectivity index (χ4v) is 4.58. The molecule has 1 aromatic carbocycles. The lowest BCUT2D eigenvalue weighted by Gasteiger charge is -2.23. The molecule has 7 heteroatoms. The van der Waals surface area contributed by atoms with Gasteiger partial charge in [0.15, 0.2) is 6.61 Å². The van der Waals surface area contributed by atoms with Crippen LogP contribution in [0, 0.1) is 18.0 Å². The second kappa shape index (κ2) is 8.05. The number of halogens is 1. The first-order chi connectivity index (χ1) is 14.0. The largest absolute Gasteiger partial charge is 0.618 e. The van der Waals surface area contributed by atoms with E-state index in [1.165, 1.54) is 7.11 Å². The van der Waals surface area contributed by atoms with Crippen molar-refractivity contribution in [2.45, 2.75) is 19.8 Å². The molecule has 0 spiro atoms. The van der Waals surface area contributed by atoms with Crippen LogP contribution in [0.4, 0.5) is 0 Å². The molecule has 0 N–H and O–H groups in total. The molecule has 29 heavy (non-hydrogen) atoms. The van der Waals surface area contributed by atoms with Crippen LogP contribution in [0.15, 0.2) is 52.5 Å². The molecule has 1 aromatic heterocycles. The van der Waals surface area contributed by atoms with Crippen LogP contribution in [0.1, 0.15) is 17.5 Å². The molecule has 150 valence electrons. The number of benzene rings is 1. The molecule has 0 amide bonds. The molecule has 0 saturated heterocycles. The number of nitrogens with zero attached hydrogens (tertiary/aromatic N) is 1. The Labute approximate surface area is 177 Å². The van der Waals surface area contributed by atoms with Crippen LogP contribution in [-0.2, 0) is 16.0 Å². The van der Waals surface area contributed by atoms with Gasteiger partial charge in [-0.3, -0.25) is 4.79 Å². The van der Waals surface area contributed by atoms with Crippen molar-refractivity contribution in [3.63, 3.8) is 0 Å². The summed E-state index contributed by atoms with van der Waals surface area (Å²) in [5, 5.41) is 16.1. The van der Waals surface area contributed by atoms with E-state index in [1.807, 2.05) is 48.7 Å². The number of carbonyl (C=O) groups is 1. The Balaban J connectivity index is 1.43. The molecule has 0 fully saturated rings. The predicted octanol–water partition coefficient (Wildman–Crippen LogP) is 4.85. The minimum absolute atomic E-state index is 0.0659. The Kier molecular flexibility index (Phi) is 5.48. The van der Waals surface area contributed by atoms with E-state index in [0.717, 1.165) is 43.8 Å². The third-order valence-corrected chi connectivity index (χ3v) is 6.41. The van der Waals surface area contributed by atoms with Crippen molar-refractivity contribution in [1.82, 2.24) is 0 Å². The van der Waals surface area contributed by atoms with Crippen LogP contribution in [0.3, 0.4) is 0 Å². The van der Waals surface area contributed by atoms with Crippen LogP contribution in [0.25, 0.3) is 10.1 Å². The average Bonchev–Trinajstić information content (AvgIpc) is 3.09. The molecule has 2 aromatic rings. The molecule has 5 nitrogen and oxygen atoms in total. The fourth-order valence-electron chi connectivity index (χ4n) is 3.45. The van der Waals surface area contributed by atoms with Crippen molar-refractivity contribution < 1.29 is 19.0 Å². The Morgan fingerprint density at radius 3 is 2.93 bits per heavy atom. The van der Waals surface area contributed by atoms with Crippen molar-refractivity contribution in [3.05, 3.63) is 68.9 Å². The Morgan fingerprint density at radius 2 is 2.24 bits per heavy atom. The van der Waals surface area contributed by atoms with E-state index in [2.05, 4.69) is 0 Å². The maximum atomic E-state index is 12.4. The maximum absolute atomic E-state index is 12.4. The summed E-state index contributed by atoms with van der Waals surface area (Å²) in [6.45, 7) is 2.17. The molecule has 4 rings (SSSR count). The molecule has 1 unspecified atom stereocenters. The minimum Gasteiger partial charge on any atom is -0.618 e. The van der Waals surface area contributed by atoms with Gasteiger partial charge in [0, 0.05) is 9.73 Å². The number of hydrogen-bond acceptors (Lipinski definition) is 5. The molecule has 2 heterocycles. The summed E-state index contributed by atoms with van der Waals surface area (Å²) in [6.07, 6.45) is 8.58. The van der Waals surface area contributed by atoms with Gasteiger partial charge >= 0.3 is 5.97 Å². The summed E-state index contributed by atoms with van der Waals surface area (Å²) in [5.41, 5.74) is 3.25. The number of fused-ring (bicyclic) bond motifs is 1. The van der Waals surface area contributed by atoms with Crippen molar-refractivity contribution in [3.8, 4) is 5.75 Å². The topological polar surface area (TPSA) is 61.6 Å². The number of hydrogen-bond donors (Lipinski definition) is 0. The van der Waals surface area contributed by atoms with Crippen molar-refractivity contribution in [1.29, 1.82) is 0 Å². The van der Waals surface area contributed by atoms with E-state index in [0.29, 0.717) is 10.7 Å². The van der Waals surface area contributed by atoms with Gasteiger partial charge in [-0.1, -0.05) is 23.8 Å². The van der Waals surface area contributed by atoms with Gasteiger partial charge < -0.3 is 14.7 Å². The maximum Gasteiger partial charge on any atom is 0.310 e. The molecular formula is C22H20ClNO4S. The van der Waals surface area contributed by atoms with E-state index in [9.17, 15) is 10.0 Å². The van der Waals surface area contributed by atoms with Gasteiger partial charge in [-0.2, -0.15) is 4.74 Å². The summed E-state index contributed by atoms with van der Waals surface area (Å²) < 4.78 is 12.7. The highest BCUT2D eigenvalue weighted by molar-refractivity contribution is 7.17. The Bertz CT molecular complexity index is 1110. The number of ether oxygens (including phenoxy) is 2. The van der Waals surface area contributed by atoms with Gasteiger partial charge in [0.05, 0.1) is 25.5 Å². The van der Waals surface area contributed by atoms with Crippen LogP contribution in [0.2, 0.25) is 0 Å². The first kappa shape index (κ1) is 19.7. The molecule has 0 bridgehead atoms. The van der Waals surface area contributed by atoms with Crippen LogP contribution in [-0.4, -0.2) is 30.1 Å². The number of thiophene rings is 1. The lowest BCUT2D eigenvalue weighted by atomic mass is 9.92. The van der Waals surface area contributed by atoms with E-state index in [1.54, 1.807) is 11.3 Å². The molecule has 1 atom stereocenters. The molecule has 0 radical (unpaired) electrons. The van der Waals surface area contributed by atoms with E-state index >= 15 is 0 Å². The summed E-state index contributed by atoms with van der Waals surface area (Å²) >= 11 is 7.50. The highest BCUT2D eigenvalue weighted by Crippen LogP contribution is 2.33. The Hall–Kier alpha value is -2.57. The normalized spacial score (nSPS) is 18.4. The van der Waals surface area contributed by atoms with Gasteiger partial charge in [0.25, 0.3) is 0 Å². The number of methoxy groups -OCH3 is 1. The zero-order valence-electron chi connectivity index (χ0n) is 16.1. The standard InChI is InChI=1S/C22H20ClNO4S/c1-13-7-18-15(8-22(25)27-2)12-29-21(18)10-20(13)28-11-17-9-19(24(17)26)14-3-5-16(23)6-4-14/h3,5-7,9-10,12,14H,4,8,11H2,1-2H3. The second-order valence-corrected chi connectivity index (χ2v) is 8.41. The number of hydroxylamine groups is 1. The van der Waals surface area contributed by atoms with E-state index in [-0.39, 0.29) is 24.9 Å². The quantitative estimate of drug-likeness (QED) is 0.374. The molecule has 2 aliphatic rings. The monoisotopic (exact) mass is 429 g/mol. The second-order valence-electron chi connectivity index (χ2n) is 7.06. The van der Waals surface area contributed by atoms with Gasteiger partial charge in [0.2, 0.25) is 11.4 Å². The summed E-state index contributed by atoms with van der Waals surface area (Å²) in [7, 11) is 1.39. The number of rotatable bonds is 6. The molecule has 1 aliphatic carbocycles. The molecule has 0 saturated carbocycles. The number of aryl methyl sites for hydroxylation is 1. The number of esters is 1. The van der Waals surface area contributed by atoms with Crippen LogP contribution in [0.5, 0.6) is 5.75 Å². The highest BCUT2D eigenvalue weighted by Gasteiger charge is 2.31. The smallest absolute Gasteiger partial charge is 0.310 e. The number of carbonyl (C=O) groups excluding carboxylic acids is 1. The third kappa shape index (κ3) is 3.95. The zero-order chi connectivity index (χ0) is 20.5. The van der Waals surface area contributed by atoms with Crippen molar-refractivity contribution in [2.24, 2.45) is 5.92 Å². The SMILES string of the molecule is COC(=O)Cc1csc2cc(OCC3=CC(C4C=CC(Cl)=CC4)=[N+]3[O-])c(C)cc12. The van der Waals surface area contributed by atoms with Gasteiger partial charge in [0.1, 0.15) is 5.75 Å². The average molecular weight is 430 g/mol. The van der Waals surface area contributed by atoms with E-state index < -0.39 is 0 Å². The van der Waals surface area contributed by atoms with Crippen LogP contribution >= 0.6 is 22.9 Å². The summed E-state index contributed by atoms with van der Waals surface area (Å²) in [6, 6.07) is 3.98. The number of allylic oxidation sites excluding steroid dienone is 5. The lowest BCUT2D eigenvalue weighted by molar-refractivity contribution is -0.420. The van der Waals surface area contributed by atoms with Gasteiger partial charge in [-0.15, -0.1) is 11.3 Å². The third-order valence-electron chi connectivity index (χ3n) is 5.13. The fraction of sp³-hybridized carbons (Fsp3) is 0.273.